The van der Waals surface area contributed by atoms with Crippen molar-refractivity contribution in [3.63, 3.8) is 0 Å². The minimum absolute atomic E-state index is 0.170. The van der Waals surface area contributed by atoms with Gasteiger partial charge in [0.25, 0.3) is 0 Å². The average Bonchev–Trinajstić information content (AvgIpc) is 2.63. The summed E-state index contributed by atoms with van der Waals surface area (Å²) in [7, 11) is -0.519. The molecule has 0 unspecified atom stereocenters. The highest BCUT2D eigenvalue weighted by Crippen LogP contribution is 2.29. The van der Waals surface area contributed by atoms with Crippen LogP contribution < -0.4 is 15.6 Å². The van der Waals surface area contributed by atoms with Crippen molar-refractivity contribution in [3.05, 3.63) is 89.0 Å². The van der Waals surface area contributed by atoms with Crippen LogP contribution in [0.3, 0.4) is 0 Å². The Morgan fingerprint density at radius 1 is 0.500 bits per heavy atom. The molecule has 134 valence electrons. The molecule has 0 N–H and O–H groups in total. The van der Waals surface area contributed by atoms with E-state index in [4.69, 9.17) is 0 Å². The zero-order valence-electron chi connectivity index (χ0n) is 16.4. The van der Waals surface area contributed by atoms with Crippen LogP contribution in [-0.2, 0) is 0 Å². The molecule has 3 aromatic carbocycles. The van der Waals surface area contributed by atoms with E-state index < -0.39 is 0 Å². The van der Waals surface area contributed by atoms with Crippen LogP contribution in [0.2, 0.25) is 0 Å². The minimum atomic E-state index is -0.179. The largest absolute Gasteiger partial charge is 0.144 e. The molecule has 0 aliphatic heterocycles. The second kappa shape index (κ2) is 9.10. The van der Waals surface area contributed by atoms with Crippen molar-refractivity contribution in [1.29, 1.82) is 0 Å². The molecule has 0 nitrogen and oxygen atoms in total. The van der Waals surface area contributed by atoms with Gasteiger partial charge in [0.1, 0.15) is 0 Å². The summed E-state index contributed by atoms with van der Waals surface area (Å²) in [6.07, 6.45) is 0. The molecule has 0 aliphatic rings. The highest BCUT2D eigenvalue weighted by atomic mass is 31.8. The first-order chi connectivity index (χ1) is 12.5. The minimum Gasteiger partial charge on any atom is -0.144 e. The quantitative estimate of drug-likeness (QED) is 0.432. The Bertz CT molecular complexity index is 845. The highest BCUT2D eigenvalue weighted by Gasteiger charge is 2.16. The molecule has 0 aromatic heterocycles. The predicted molar refractivity (Wildman–Crippen MR) is 130 cm³/mol. The van der Waals surface area contributed by atoms with Crippen molar-refractivity contribution in [3.8, 4) is 0 Å². The van der Waals surface area contributed by atoms with E-state index in [9.17, 15) is 0 Å². The fourth-order valence-electron chi connectivity index (χ4n) is 3.45. The van der Waals surface area contributed by atoms with E-state index in [0.717, 1.165) is 0 Å². The molecule has 0 fully saturated rings. The second-order valence-electron chi connectivity index (χ2n) is 7.36. The maximum absolute atomic E-state index is 2.43. The second-order valence-corrected chi connectivity index (χ2v) is 30.9. The van der Waals surface area contributed by atoms with Gasteiger partial charge >= 0.3 is 0 Å². The molecule has 4 heteroatoms. The van der Waals surface area contributed by atoms with Gasteiger partial charge in [-0.25, -0.2) is 0 Å². The zero-order chi connectivity index (χ0) is 18.5. The molecule has 3 rings (SSSR count). The van der Waals surface area contributed by atoms with Gasteiger partial charge in [0.2, 0.25) is 0 Å². The normalized spacial score (nSPS) is 13.5. The van der Waals surface area contributed by atoms with Gasteiger partial charge in [-0.1, -0.05) is 93.4 Å². The smallest absolute Gasteiger partial charge is 0.0738 e. The van der Waals surface area contributed by atoms with Crippen LogP contribution in [0.5, 0.6) is 0 Å². The summed E-state index contributed by atoms with van der Waals surface area (Å²) in [6.45, 7) is 9.50. The fourth-order valence-corrected chi connectivity index (χ4v) is 31.7. The molecular formula is C22H29PSi3. The van der Waals surface area contributed by atoms with Crippen molar-refractivity contribution < 1.29 is 0 Å². The van der Waals surface area contributed by atoms with E-state index in [2.05, 4.69) is 94.4 Å². The van der Waals surface area contributed by atoms with Crippen LogP contribution in [0.4, 0.5) is 0 Å². The predicted octanol–water partition coefficient (Wildman–Crippen LogP) is 1.93. The standard InChI is InChI=1S/C22H29PSi3/c1-16-12-9-15-22(19(16)4)26-23(24-20-13-7-5-10-17(20)2)25-21-14-8-6-11-18(21)3/h5-15H,24-26H2,1-4H3. The summed E-state index contributed by atoms with van der Waals surface area (Å²) in [5.74, 6) is 0. The van der Waals surface area contributed by atoms with E-state index in [-0.39, 0.29) is 34.1 Å². The van der Waals surface area contributed by atoms with Crippen LogP contribution in [0.25, 0.3) is 0 Å². The summed E-state index contributed by atoms with van der Waals surface area (Å²) < 4.78 is 0. The molecule has 0 heterocycles. The maximum atomic E-state index is 2.43. The Hall–Kier alpha value is -1.26. The van der Waals surface area contributed by atoms with Crippen LogP contribution in [0, 0.1) is 27.7 Å². The van der Waals surface area contributed by atoms with Gasteiger partial charge in [-0.3, -0.25) is 0 Å². The van der Waals surface area contributed by atoms with Gasteiger partial charge in [0.05, 0.1) is 27.6 Å². The van der Waals surface area contributed by atoms with E-state index in [1.165, 1.54) is 16.7 Å². The molecule has 0 saturated carbocycles. The van der Waals surface area contributed by atoms with Crippen molar-refractivity contribution in [2.24, 2.45) is 0 Å². The number of aryl methyl sites for hydroxylation is 3. The molecule has 0 radical (unpaired) electrons. The van der Waals surface area contributed by atoms with E-state index in [1.54, 1.807) is 21.1 Å². The highest BCUT2D eigenvalue weighted by molar-refractivity contribution is 8.26. The van der Waals surface area contributed by atoms with Gasteiger partial charge in [-0.2, -0.15) is 0 Å². The third-order valence-electron chi connectivity index (χ3n) is 5.42. The first kappa shape index (κ1) is 19.5. The van der Waals surface area contributed by atoms with E-state index in [0.29, 0.717) is 0 Å². The van der Waals surface area contributed by atoms with E-state index in [1.807, 2.05) is 0 Å². The third kappa shape index (κ3) is 4.92. The summed E-state index contributed by atoms with van der Waals surface area (Å²) in [4.78, 5) is 0. The number of hydrogen-bond donors (Lipinski definition) is 0. The third-order valence-corrected chi connectivity index (χ3v) is 29.3. The van der Waals surface area contributed by atoms with Crippen molar-refractivity contribution >= 4 is 49.7 Å². The van der Waals surface area contributed by atoms with Crippen LogP contribution in [-0.4, -0.2) is 27.6 Å². The molecule has 3 aromatic rings. The summed E-state index contributed by atoms with van der Waals surface area (Å²) in [5, 5.41) is 5.17. The number of hydrogen-bond acceptors (Lipinski definition) is 0. The van der Waals surface area contributed by atoms with Crippen molar-refractivity contribution in [2.45, 2.75) is 27.7 Å². The van der Waals surface area contributed by atoms with Gasteiger partial charge in [0.15, 0.2) is 0 Å². The fraction of sp³-hybridized carbons (Fsp3) is 0.182. The molecule has 0 spiro atoms. The Balaban J connectivity index is 1.89. The molecule has 0 bridgehead atoms. The van der Waals surface area contributed by atoms with Crippen molar-refractivity contribution in [1.82, 2.24) is 0 Å². The Morgan fingerprint density at radius 2 is 0.923 bits per heavy atom. The molecule has 26 heavy (non-hydrogen) atoms. The van der Waals surface area contributed by atoms with Crippen LogP contribution in [0.1, 0.15) is 22.3 Å². The molecule has 0 amide bonds. The molecule has 0 aliphatic carbocycles. The average molecular weight is 409 g/mol. The lowest BCUT2D eigenvalue weighted by molar-refractivity contribution is 1.37. The summed E-state index contributed by atoms with van der Waals surface area (Å²) in [6, 6.07) is 25.3. The lowest BCUT2D eigenvalue weighted by Crippen LogP contribution is -2.30. The number of benzene rings is 3. The summed E-state index contributed by atoms with van der Waals surface area (Å²) in [5.41, 5.74) is 6.10. The van der Waals surface area contributed by atoms with Gasteiger partial charge in [-0.05, 0) is 38.8 Å². The first-order valence-corrected chi connectivity index (χ1v) is 19.1. The number of rotatable bonds is 6. The Kier molecular flexibility index (Phi) is 6.82. The van der Waals surface area contributed by atoms with Gasteiger partial charge < -0.3 is 0 Å². The molecule has 0 saturated heterocycles. The van der Waals surface area contributed by atoms with Crippen molar-refractivity contribution in [2.75, 3.05) is 0 Å². The molecule has 0 atom stereocenters. The summed E-state index contributed by atoms with van der Waals surface area (Å²) >= 11 is 0. The monoisotopic (exact) mass is 408 g/mol. The van der Waals surface area contributed by atoms with Gasteiger partial charge in [0, 0.05) is 0 Å². The van der Waals surface area contributed by atoms with Gasteiger partial charge in [-0.15, -0.1) is 6.57 Å². The van der Waals surface area contributed by atoms with Crippen LogP contribution in [0.15, 0.2) is 66.7 Å². The first-order valence-electron chi connectivity index (χ1n) is 9.41. The topological polar surface area (TPSA) is 0 Å². The Morgan fingerprint density at radius 3 is 1.46 bits per heavy atom. The maximum Gasteiger partial charge on any atom is 0.0738 e. The Labute approximate surface area is 166 Å². The molecular weight excluding hydrogens is 379 g/mol. The zero-order valence-corrected chi connectivity index (χ0v) is 21.6. The SMILES string of the molecule is Cc1ccccc1[SiH2]P([SiH2]c1ccccc1C)[SiH2]c1cccc(C)c1C. The van der Waals surface area contributed by atoms with E-state index >= 15 is 0 Å². The van der Waals surface area contributed by atoms with Crippen LogP contribution >= 0.6 is 6.57 Å². The lowest BCUT2D eigenvalue weighted by Gasteiger charge is -2.21. The lowest BCUT2D eigenvalue weighted by atomic mass is 10.1.